The van der Waals surface area contributed by atoms with Crippen LogP contribution >= 0.6 is 0 Å². The van der Waals surface area contributed by atoms with Crippen molar-refractivity contribution >= 4 is 5.78 Å². The second-order valence-electron chi connectivity index (χ2n) is 1.81. The summed E-state index contributed by atoms with van der Waals surface area (Å²) in [6.45, 7) is 3.57. The van der Waals surface area contributed by atoms with Crippen LogP contribution in [0.25, 0.3) is 0 Å². The summed E-state index contributed by atoms with van der Waals surface area (Å²) in [6.07, 6.45) is 5.54. The normalized spacial score (nSPS) is 10.2. The second kappa shape index (κ2) is 4.57. The summed E-state index contributed by atoms with van der Waals surface area (Å²) >= 11 is 0. The van der Waals surface area contributed by atoms with Crippen LogP contribution in [0, 0.1) is 0 Å². The lowest BCUT2D eigenvalue weighted by Crippen LogP contribution is -1.85. The molecule has 0 aliphatic carbocycles. The summed E-state index contributed by atoms with van der Waals surface area (Å²) in [5.41, 5.74) is 0. The first kappa shape index (κ1) is 7.41. The molecule has 0 aromatic carbocycles. The average molecular weight is 112 g/mol. The van der Waals surface area contributed by atoms with Gasteiger partial charge in [0.15, 0.2) is 0 Å². The lowest BCUT2D eigenvalue weighted by molar-refractivity contribution is -0.116. The summed E-state index contributed by atoms with van der Waals surface area (Å²) in [5, 5.41) is 0. The zero-order chi connectivity index (χ0) is 6.41. The molecule has 0 heterocycles. The molecule has 0 radical (unpaired) electrons. The third-order valence-corrected chi connectivity index (χ3v) is 0.899. The number of hydrogen-bond donors (Lipinski definition) is 0. The molecule has 0 rings (SSSR count). The quantitative estimate of drug-likeness (QED) is 0.510. The van der Waals surface area contributed by atoms with Crippen LogP contribution in [0.5, 0.6) is 0 Å². The Balaban J connectivity index is 3.05. The molecule has 1 heteroatoms. The largest absolute Gasteiger partial charge is 0.300 e. The van der Waals surface area contributed by atoms with Crippen LogP contribution in [0.2, 0.25) is 0 Å². The van der Waals surface area contributed by atoms with Crippen LogP contribution < -0.4 is 0 Å². The van der Waals surface area contributed by atoms with Crippen LogP contribution in [-0.2, 0) is 4.79 Å². The van der Waals surface area contributed by atoms with E-state index in [0.717, 1.165) is 6.42 Å². The monoisotopic (exact) mass is 112 g/mol. The zero-order valence-corrected chi connectivity index (χ0v) is 5.48. The minimum Gasteiger partial charge on any atom is -0.300 e. The number of ketones is 1. The van der Waals surface area contributed by atoms with Gasteiger partial charge in [0.1, 0.15) is 5.78 Å². The fraction of sp³-hybridized carbons (Fsp3) is 0.571. The van der Waals surface area contributed by atoms with Gasteiger partial charge in [0, 0.05) is 6.42 Å². The highest BCUT2D eigenvalue weighted by Gasteiger charge is 1.86. The molecule has 0 aliphatic heterocycles. The van der Waals surface area contributed by atoms with E-state index in [9.17, 15) is 4.79 Å². The lowest BCUT2D eigenvalue weighted by atomic mass is 10.2. The molecule has 0 aromatic rings. The second-order valence-corrected chi connectivity index (χ2v) is 1.81. The molecule has 0 aromatic heterocycles. The van der Waals surface area contributed by atoms with Crippen LogP contribution in [0.3, 0.4) is 0 Å². The minimum atomic E-state index is 0.267. The maximum atomic E-state index is 10.3. The van der Waals surface area contributed by atoms with Crippen molar-refractivity contribution in [2.75, 3.05) is 0 Å². The molecule has 0 amide bonds. The Labute approximate surface area is 50.4 Å². The fourth-order valence-corrected chi connectivity index (χ4v) is 0.453. The Hall–Kier alpha value is -0.590. The third kappa shape index (κ3) is 5.41. The van der Waals surface area contributed by atoms with E-state index in [1.54, 1.807) is 6.92 Å². The van der Waals surface area contributed by atoms with Gasteiger partial charge in [-0.05, 0) is 20.3 Å². The van der Waals surface area contributed by atoms with Gasteiger partial charge in [-0.3, -0.25) is 0 Å². The van der Waals surface area contributed by atoms with E-state index in [0.29, 0.717) is 6.42 Å². The molecular formula is C7H12O. The lowest BCUT2D eigenvalue weighted by Gasteiger charge is -1.84. The number of Topliss-reactive ketones (excluding diaryl/α,β-unsaturated/α-hetero) is 1. The Morgan fingerprint density at radius 1 is 1.62 bits per heavy atom. The van der Waals surface area contributed by atoms with Crippen molar-refractivity contribution in [3.8, 4) is 0 Å². The maximum Gasteiger partial charge on any atom is 0.130 e. The van der Waals surface area contributed by atoms with Crippen molar-refractivity contribution in [1.82, 2.24) is 0 Å². The van der Waals surface area contributed by atoms with Crippen molar-refractivity contribution in [1.29, 1.82) is 0 Å². The average Bonchev–Trinajstić information content (AvgIpc) is 1.66. The Morgan fingerprint density at radius 3 is 2.62 bits per heavy atom. The summed E-state index contributed by atoms with van der Waals surface area (Å²) in [6, 6.07) is 0. The first-order chi connectivity index (χ1) is 3.77. The molecule has 0 N–H and O–H groups in total. The summed E-state index contributed by atoms with van der Waals surface area (Å²) in [7, 11) is 0. The number of carbonyl (C=O) groups is 1. The Kier molecular flexibility index (Phi) is 4.23. The summed E-state index contributed by atoms with van der Waals surface area (Å²) in [5.74, 6) is 0.267. The molecular weight excluding hydrogens is 100 g/mol. The van der Waals surface area contributed by atoms with Gasteiger partial charge < -0.3 is 4.79 Å². The van der Waals surface area contributed by atoms with Crippen LogP contribution in [0.15, 0.2) is 12.2 Å². The fourth-order valence-electron chi connectivity index (χ4n) is 0.453. The molecule has 0 atom stereocenters. The van der Waals surface area contributed by atoms with E-state index in [-0.39, 0.29) is 5.78 Å². The van der Waals surface area contributed by atoms with Gasteiger partial charge in [0.25, 0.3) is 0 Å². The van der Waals surface area contributed by atoms with Gasteiger partial charge >= 0.3 is 0 Å². The topological polar surface area (TPSA) is 17.1 Å². The maximum absolute atomic E-state index is 10.3. The van der Waals surface area contributed by atoms with Gasteiger partial charge in [-0.15, -0.1) is 0 Å². The van der Waals surface area contributed by atoms with Gasteiger partial charge in [-0.25, -0.2) is 0 Å². The SMILES string of the molecule is CC=CCCC(C)=O. The summed E-state index contributed by atoms with van der Waals surface area (Å²) < 4.78 is 0. The van der Waals surface area contributed by atoms with E-state index < -0.39 is 0 Å². The highest BCUT2D eigenvalue weighted by molar-refractivity contribution is 5.75. The summed E-state index contributed by atoms with van der Waals surface area (Å²) in [4.78, 5) is 10.3. The van der Waals surface area contributed by atoms with Crippen molar-refractivity contribution in [3.63, 3.8) is 0 Å². The highest BCUT2D eigenvalue weighted by atomic mass is 16.1. The van der Waals surface area contributed by atoms with E-state index >= 15 is 0 Å². The van der Waals surface area contributed by atoms with E-state index in [1.807, 2.05) is 19.1 Å². The van der Waals surface area contributed by atoms with Gasteiger partial charge in [0.2, 0.25) is 0 Å². The van der Waals surface area contributed by atoms with E-state index in [4.69, 9.17) is 0 Å². The van der Waals surface area contributed by atoms with Crippen LogP contribution in [0.1, 0.15) is 26.7 Å². The molecule has 0 aliphatic rings. The first-order valence-corrected chi connectivity index (χ1v) is 2.88. The predicted molar refractivity (Wildman–Crippen MR) is 34.7 cm³/mol. The minimum absolute atomic E-state index is 0.267. The molecule has 0 saturated heterocycles. The third-order valence-electron chi connectivity index (χ3n) is 0.899. The highest BCUT2D eigenvalue weighted by Crippen LogP contribution is 1.90. The smallest absolute Gasteiger partial charge is 0.130 e. The molecule has 8 heavy (non-hydrogen) atoms. The molecule has 0 saturated carbocycles. The van der Waals surface area contributed by atoms with Crippen LogP contribution in [0.4, 0.5) is 0 Å². The molecule has 0 unspecified atom stereocenters. The number of carbonyl (C=O) groups excluding carboxylic acids is 1. The zero-order valence-electron chi connectivity index (χ0n) is 5.48. The van der Waals surface area contributed by atoms with Crippen molar-refractivity contribution < 1.29 is 4.79 Å². The Morgan fingerprint density at radius 2 is 2.25 bits per heavy atom. The van der Waals surface area contributed by atoms with Gasteiger partial charge in [-0.1, -0.05) is 12.2 Å². The van der Waals surface area contributed by atoms with Crippen LogP contribution in [-0.4, -0.2) is 5.78 Å². The number of hydrogen-bond acceptors (Lipinski definition) is 1. The van der Waals surface area contributed by atoms with Crippen molar-refractivity contribution in [3.05, 3.63) is 12.2 Å². The standard InChI is InChI=1S/C7H12O/c1-3-4-5-6-7(2)8/h3-4H,5-6H2,1-2H3. The predicted octanol–water partition coefficient (Wildman–Crippen LogP) is 1.93. The van der Waals surface area contributed by atoms with E-state index in [2.05, 4.69) is 0 Å². The molecule has 0 bridgehead atoms. The molecule has 1 nitrogen and oxygen atoms in total. The molecule has 0 fully saturated rings. The number of rotatable bonds is 3. The Bertz CT molecular complexity index is 92.6. The first-order valence-electron chi connectivity index (χ1n) is 2.88. The molecule has 0 spiro atoms. The number of allylic oxidation sites excluding steroid dienone is 2. The van der Waals surface area contributed by atoms with Crippen molar-refractivity contribution in [2.45, 2.75) is 26.7 Å². The molecule has 46 valence electrons. The van der Waals surface area contributed by atoms with Gasteiger partial charge in [0.05, 0.1) is 0 Å². The van der Waals surface area contributed by atoms with Gasteiger partial charge in [-0.2, -0.15) is 0 Å². The van der Waals surface area contributed by atoms with Crippen molar-refractivity contribution in [2.24, 2.45) is 0 Å². The van der Waals surface area contributed by atoms with E-state index in [1.165, 1.54) is 0 Å².